The molecule has 1 heterocycles. The third-order valence-electron chi connectivity index (χ3n) is 4.41. The highest BCUT2D eigenvalue weighted by Gasteiger charge is 2.30. The van der Waals surface area contributed by atoms with Gasteiger partial charge in [-0.15, -0.1) is 0 Å². The topological polar surface area (TPSA) is 76.7 Å². The summed E-state index contributed by atoms with van der Waals surface area (Å²) in [7, 11) is 0. The number of hydrogen-bond donors (Lipinski definition) is 2. The summed E-state index contributed by atoms with van der Waals surface area (Å²) in [6.45, 7) is 3.81. The average Bonchev–Trinajstić information content (AvgIpc) is 2.73. The minimum atomic E-state index is -0.476. The highest BCUT2D eigenvalue weighted by molar-refractivity contribution is 7.80. The number of thiocarbonyl (C=S) groups is 1. The summed E-state index contributed by atoms with van der Waals surface area (Å²) >= 11 is 5.23. The van der Waals surface area contributed by atoms with Crippen molar-refractivity contribution in [3.8, 4) is 5.75 Å². The highest BCUT2D eigenvalue weighted by atomic mass is 32.1. The van der Waals surface area contributed by atoms with Gasteiger partial charge in [0.15, 0.2) is 5.11 Å². The van der Waals surface area contributed by atoms with E-state index in [1.165, 1.54) is 6.08 Å². The van der Waals surface area contributed by atoms with Crippen molar-refractivity contribution in [3.63, 3.8) is 0 Å². The Balaban J connectivity index is 1.73. The Morgan fingerprint density at radius 2 is 1.80 bits per heavy atom. The minimum Gasteiger partial charge on any atom is -0.463 e. The maximum atomic E-state index is 12.4. The molecule has 0 fully saturated rings. The molecule has 0 saturated carbocycles. The first-order valence-corrected chi connectivity index (χ1v) is 9.89. The second-order valence-corrected chi connectivity index (χ2v) is 6.93. The van der Waals surface area contributed by atoms with Crippen molar-refractivity contribution in [3.05, 3.63) is 83.1 Å². The summed E-state index contributed by atoms with van der Waals surface area (Å²) in [4.78, 5) is 24.5. The van der Waals surface area contributed by atoms with Gasteiger partial charge < -0.3 is 20.1 Å². The lowest BCUT2D eigenvalue weighted by molar-refractivity contribution is -0.139. The zero-order chi connectivity index (χ0) is 21.5. The van der Waals surface area contributed by atoms with Gasteiger partial charge in [-0.05, 0) is 55.4 Å². The van der Waals surface area contributed by atoms with Crippen LogP contribution in [0.3, 0.4) is 0 Å². The van der Waals surface area contributed by atoms with Crippen LogP contribution in [0.2, 0.25) is 0 Å². The van der Waals surface area contributed by atoms with Crippen molar-refractivity contribution in [1.29, 1.82) is 0 Å². The molecule has 2 aromatic carbocycles. The van der Waals surface area contributed by atoms with Gasteiger partial charge in [0.1, 0.15) is 5.75 Å². The molecule has 0 radical (unpaired) electrons. The number of benzene rings is 2. The maximum absolute atomic E-state index is 12.4. The smallest absolute Gasteiger partial charge is 0.338 e. The molecule has 0 amide bonds. The number of rotatable bonds is 6. The van der Waals surface area contributed by atoms with Crippen molar-refractivity contribution in [2.24, 2.45) is 0 Å². The summed E-state index contributed by atoms with van der Waals surface area (Å²) in [5, 5.41) is 6.47. The van der Waals surface area contributed by atoms with Crippen molar-refractivity contribution in [2.45, 2.75) is 19.9 Å². The zero-order valence-corrected chi connectivity index (χ0v) is 17.5. The molecule has 0 saturated heterocycles. The molecular weight excluding hydrogens is 400 g/mol. The van der Waals surface area contributed by atoms with Crippen LogP contribution in [0.25, 0.3) is 6.08 Å². The van der Waals surface area contributed by atoms with Crippen LogP contribution in [0.1, 0.15) is 31.0 Å². The Kier molecular flexibility index (Phi) is 6.98. The van der Waals surface area contributed by atoms with Crippen molar-refractivity contribution >= 4 is 35.3 Å². The van der Waals surface area contributed by atoms with E-state index in [0.717, 1.165) is 11.1 Å². The Labute approximate surface area is 180 Å². The molecule has 0 aliphatic carbocycles. The fourth-order valence-electron chi connectivity index (χ4n) is 3.03. The van der Waals surface area contributed by atoms with Crippen LogP contribution < -0.4 is 15.4 Å². The van der Waals surface area contributed by atoms with Gasteiger partial charge in [0.2, 0.25) is 0 Å². The van der Waals surface area contributed by atoms with E-state index in [4.69, 9.17) is 21.7 Å². The molecule has 0 bridgehead atoms. The molecule has 6 nitrogen and oxygen atoms in total. The molecule has 1 unspecified atom stereocenters. The summed E-state index contributed by atoms with van der Waals surface area (Å²) in [5.41, 5.74) is 2.80. The van der Waals surface area contributed by atoms with E-state index >= 15 is 0 Å². The summed E-state index contributed by atoms with van der Waals surface area (Å²) < 4.78 is 10.5. The van der Waals surface area contributed by atoms with E-state index in [0.29, 0.717) is 22.1 Å². The molecule has 1 aliphatic heterocycles. The third kappa shape index (κ3) is 5.33. The lowest BCUT2D eigenvalue weighted by Gasteiger charge is -2.29. The Morgan fingerprint density at radius 1 is 1.10 bits per heavy atom. The normalized spacial score (nSPS) is 16.1. The van der Waals surface area contributed by atoms with Gasteiger partial charge in [0.25, 0.3) is 0 Å². The fourth-order valence-corrected chi connectivity index (χ4v) is 3.30. The van der Waals surface area contributed by atoms with Crippen LogP contribution >= 0.6 is 12.2 Å². The average molecular weight is 423 g/mol. The maximum Gasteiger partial charge on any atom is 0.338 e. The first-order valence-electron chi connectivity index (χ1n) is 9.48. The number of carbonyl (C=O) groups is 2. The van der Waals surface area contributed by atoms with Gasteiger partial charge >= 0.3 is 11.9 Å². The number of allylic oxidation sites excluding steroid dienone is 1. The van der Waals surface area contributed by atoms with E-state index < -0.39 is 18.0 Å². The van der Waals surface area contributed by atoms with E-state index in [1.807, 2.05) is 30.3 Å². The number of ether oxygens (including phenoxy) is 2. The molecule has 0 aromatic heterocycles. The van der Waals surface area contributed by atoms with Crippen molar-refractivity contribution in [2.75, 3.05) is 6.61 Å². The summed E-state index contributed by atoms with van der Waals surface area (Å²) in [5.74, 6) is -0.490. The molecule has 30 heavy (non-hydrogen) atoms. The van der Waals surface area contributed by atoms with E-state index in [-0.39, 0.29) is 6.61 Å². The predicted molar refractivity (Wildman–Crippen MR) is 118 cm³/mol. The largest absolute Gasteiger partial charge is 0.463 e. The minimum absolute atomic E-state index is 0.276. The van der Waals surface area contributed by atoms with Crippen LogP contribution in [0.4, 0.5) is 0 Å². The second kappa shape index (κ2) is 9.84. The van der Waals surface area contributed by atoms with E-state index in [1.54, 1.807) is 44.2 Å². The monoisotopic (exact) mass is 422 g/mol. The van der Waals surface area contributed by atoms with E-state index in [2.05, 4.69) is 10.6 Å². The molecular formula is C23H22N2O4S. The van der Waals surface area contributed by atoms with Crippen molar-refractivity contribution < 1.29 is 19.1 Å². The Hall–Kier alpha value is -3.45. The van der Waals surface area contributed by atoms with Gasteiger partial charge in [0.05, 0.1) is 18.2 Å². The number of esters is 2. The van der Waals surface area contributed by atoms with Gasteiger partial charge in [-0.1, -0.05) is 42.5 Å². The van der Waals surface area contributed by atoms with Crippen molar-refractivity contribution in [1.82, 2.24) is 10.6 Å². The van der Waals surface area contributed by atoms with E-state index in [9.17, 15) is 9.59 Å². The molecule has 1 atom stereocenters. The Bertz CT molecular complexity index is 998. The number of carbonyl (C=O) groups excluding carboxylic acids is 2. The molecule has 2 aromatic rings. The molecule has 0 spiro atoms. The Morgan fingerprint density at radius 3 is 2.47 bits per heavy atom. The fraction of sp³-hybridized carbons (Fsp3) is 0.174. The standard InChI is InChI=1S/C23H22N2O4S/c1-3-28-22(27)20-15(2)24-23(30)25-21(20)17-10-12-18(13-11-17)29-19(26)14-9-16-7-5-4-6-8-16/h4-14,21H,3H2,1-2H3,(H2,24,25,30)/b14-9+. The van der Waals surface area contributed by atoms with Gasteiger partial charge in [-0.3, -0.25) is 0 Å². The SMILES string of the molecule is CCOC(=O)C1=C(C)NC(=S)NC1c1ccc(OC(=O)/C=C/c2ccccc2)cc1. The highest BCUT2D eigenvalue weighted by Crippen LogP contribution is 2.29. The van der Waals surface area contributed by atoms with Gasteiger partial charge in [0, 0.05) is 11.8 Å². The number of nitrogens with one attached hydrogen (secondary N) is 2. The summed E-state index contributed by atoms with van der Waals surface area (Å²) in [6, 6.07) is 15.9. The van der Waals surface area contributed by atoms with Crippen LogP contribution in [0.15, 0.2) is 71.9 Å². The quantitative estimate of drug-likeness (QED) is 0.318. The third-order valence-corrected chi connectivity index (χ3v) is 4.63. The first kappa shape index (κ1) is 21.3. The van der Waals surface area contributed by atoms with Crippen LogP contribution in [0.5, 0.6) is 5.75 Å². The molecule has 7 heteroatoms. The predicted octanol–water partition coefficient (Wildman–Crippen LogP) is 3.66. The summed E-state index contributed by atoms with van der Waals surface area (Å²) in [6.07, 6.45) is 3.07. The lowest BCUT2D eigenvalue weighted by Crippen LogP contribution is -2.45. The van der Waals surface area contributed by atoms with Gasteiger partial charge in [-0.2, -0.15) is 0 Å². The number of hydrogen-bond acceptors (Lipinski definition) is 5. The molecule has 1 aliphatic rings. The van der Waals surface area contributed by atoms with Gasteiger partial charge in [-0.25, -0.2) is 9.59 Å². The molecule has 2 N–H and O–H groups in total. The zero-order valence-electron chi connectivity index (χ0n) is 16.7. The first-order chi connectivity index (χ1) is 14.5. The second-order valence-electron chi connectivity index (χ2n) is 6.52. The lowest BCUT2D eigenvalue weighted by atomic mass is 9.95. The van der Waals surface area contributed by atoms with Crippen LogP contribution in [-0.2, 0) is 14.3 Å². The van der Waals surface area contributed by atoms with Crippen LogP contribution in [-0.4, -0.2) is 23.7 Å². The van der Waals surface area contributed by atoms with Crippen LogP contribution in [0, 0.1) is 0 Å². The molecule has 3 rings (SSSR count). The molecule has 154 valence electrons.